The molecule has 0 aliphatic carbocycles. The summed E-state index contributed by atoms with van der Waals surface area (Å²) in [4.78, 5) is 2.51. The van der Waals surface area contributed by atoms with Crippen molar-refractivity contribution in [2.75, 3.05) is 7.05 Å². The lowest BCUT2D eigenvalue weighted by Crippen LogP contribution is -2.44. The van der Waals surface area contributed by atoms with Crippen LogP contribution in [0.5, 0.6) is 0 Å². The third-order valence-electron chi connectivity index (χ3n) is 5.23. The first-order valence-electron chi connectivity index (χ1n) is 7.45. The fraction of sp³-hybridized carbons (Fsp3) is 0.533. The van der Waals surface area contributed by atoms with Gasteiger partial charge in [0.1, 0.15) is 0 Å². The highest BCUT2D eigenvalue weighted by Gasteiger charge is 2.48. The van der Waals surface area contributed by atoms with Crippen molar-refractivity contribution in [2.24, 2.45) is 0 Å². The number of likely N-dealkylation sites (N-methyl/N-ethyl adjacent to an activating group) is 1. The van der Waals surface area contributed by atoms with Gasteiger partial charge < -0.3 is 0 Å². The minimum atomic E-state index is 0.300. The van der Waals surface area contributed by atoms with E-state index in [0.29, 0.717) is 23.9 Å². The molecular weight excluding hydrogens is 286 g/mol. The van der Waals surface area contributed by atoms with Crippen LogP contribution in [0, 0.1) is 0 Å². The highest BCUT2D eigenvalue weighted by molar-refractivity contribution is 6.30. The maximum atomic E-state index is 6.03. The number of hydrogen-bond acceptors (Lipinski definition) is 4. The van der Waals surface area contributed by atoms with Crippen LogP contribution >= 0.6 is 11.6 Å². The SMILES string of the molecule is CN1[C@H]2CC[C@@H]1[C@@H](c1nn[nH]n1)[C@@H](c1ccc(Cl)cc1)C2. The fourth-order valence-corrected chi connectivity index (χ4v) is 4.31. The van der Waals surface area contributed by atoms with Gasteiger partial charge >= 0.3 is 0 Å². The minimum Gasteiger partial charge on any atom is -0.300 e. The Labute approximate surface area is 128 Å². The number of benzene rings is 1. The number of aromatic nitrogens is 4. The summed E-state index contributed by atoms with van der Waals surface area (Å²) in [6.07, 6.45) is 3.62. The lowest BCUT2D eigenvalue weighted by atomic mass is 9.76. The predicted molar refractivity (Wildman–Crippen MR) is 80.3 cm³/mol. The van der Waals surface area contributed by atoms with Gasteiger partial charge in [-0.3, -0.25) is 4.90 Å². The van der Waals surface area contributed by atoms with E-state index in [1.807, 2.05) is 12.1 Å². The second kappa shape index (κ2) is 5.07. The molecule has 2 saturated heterocycles. The maximum Gasteiger partial charge on any atom is 0.179 e. The zero-order valence-corrected chi connectivity index (χ0v) is 12.7. The van der Waals surface area contributed by atoms with Gasteiger partial charge in [0.15, 0.2) is 5.82 Å². The molecule has 0 saturated carbocycles. The number of halogens is 1. The Morgan fingerprint density at radius 2 is 2.05 bits per heavy atom. The van der Waals surface area contributed by atoms with Crippen LogP contribution in [0.3, 0.4) is 0 Å². The van der Waals surface area contributed by atoms with E-state index in [9.17, 15) is 0 Å². The average Bonchev–Trinajstić information content (AvgIpc) is 3.08. The Balaban J connectivity index is 1.75. The number of H-pyrrole nitrogens is 1. The first-order valence-corrected chi connectivity index (χ1v) is 7.82. The second-order valence-corrected chi connectivity index (χ2v) is 6.59. The van der Waals surface area contributed by atoms with Crippen LogP contribution in [0.25, 0.3) is 0 Å². The van der Waals surface area contributed by atoms with Gasteiger partial charge in [0.2, 0.25) is 0 Å². The van der Waals surface area contributed by atoms with Crippen molar-refractivity contribution in [2.45, 2.75) is 43.2 Å². The van der Waals surface area contributed by atoms with Crippen molar-refractivity contribution < 1.29 is 0 Å². The summed E-state index contributed by atoms with van der Waals surface area (Å²) >= 11 is 6.03. The number of fused-ring (bicyclic) bond motifs is 2. The molecule has 2 bridgehead atoms. The summed E-state index contributed by atoms with van der Waals surface area (Å²) in [7, 11) is 2.23. The van der Waals surface area contributed by atoms with Crippen LogP contribution in [-0.4, -0.2) is 44.7 Å². The number of rotatable bonds is 2. The standard InChI is InChI=1S/C15H18ClN5/c1-21-11-6-7-13(21)14(15-17-19-20-18-15)12(8-11)9-2-4-10(16)5-3-9/h2-5,11-14H,6-8H2,1H3,(H,17,18,19,20)/t11-,12+,13+,14-/m0/s1. The molecule has 2 fully saturated rings. The van der Waals surface area contributed by atoms with Crippen LogP contribution in [0.15, 0.2) is 24.3 Å². The largest absolute Gasteiger partial charge is 0.300 e. The molecule has 1 aromatic heterocycles. The summed E-state index contributed by atoms with van der Waals surface area (Å²) in [6, 6.07) is 9.41. The van der Waals surface area contributed by atoms with Crippen LogP contribution < -0.4 is 0 Å². The van der Waals surface area contributed by atoms with Crippen LogP contribution in [0.1, 0.15) is 42.5 Å². The summed E-state index contributed by atoms with van der Waals surface area (Å²) < 4.78 is 0. The number of nitrogens with one attached hydrogen (secondary N) is 1. The number of aromatic amines is 1. The summed E-state index contributed by atoms with van der Waals surface area (Å²) in [5.41, 5.74) is 1.33. The van der Waals surface area contributed by atoms with E-state index in [-0.39, 0.29) is 0 Å². The van der Waals surface area contributed by atoms with Crippen molar-refractivity contribution in [3.8, 4) is 0 Å². The number of hydrogen-bond donors (Lipinski definition) is 1. The van der Waals surface area contributed by atoms with Gasteiger partial charge in [0, 0.05) is 23.0 Å². The summed E-state index contributed by atoms with van der Waals surface area (Å²) in [6.45, 7) is 0. The molecule has 0 radical (unpaired) electrons. The van der Waals surface area contributed by atoms with Gasteiger partial charge in [-0.05, 0) is 49.9 Å². The molecule has 0 unspecified atom stereocenters. The number of piperidine rings is 1. The molecule has 4 rings (SSSR count). The molecule has 1 N–H and O–H groups in total. The van der Waals surface area contributed by atoms with Crippen molar-refractivity contribution in [1.29, 1.82) is 0 Å². The monoisotopic (exact) mass is 303 g/mol. The lowest BCUT2D eigenvalue weighted by Gasteiger charge is -2.41. The zero-order chi connectivity index (χ0) is 14.4. The molecule has 6 heteroatoms. The molecule has 5 nitrogen and oxygen atoms in total. The Hall–Kier alpha value is -1.46. The fourth-order valence-electron chi connectivity index (χ4n) is 4.18. The Kier molecular flexibility index (Phi) is 3.19. The quantitative estimate of drug-likeness (QED) is 0.926. The van der Waals surface area contributed by atoms with Gasteiger partial charge in [-0.1, -0.05) is 28.9 Å². The molecule has 110 valence electrons. The van der Waals surface area contributed by atoms with Crippen molar-refractivity contribution in [1.82, 2.24) is 25.5 Å². The predicted octanol–water partition coefficient (Wildman–Crippen LogP) is 2.59. The van der Waals surface area contributed by atoms with E-state index < -0.39 is 0 Å². The molecule has 4 atom stereocenters. The van der Waals surface area contributed by atoms with Crippen molar-refractivity contribution in [3.05, 3.63) is 40.7 Å². The highest BCUT2D eigenvalue weighted by atomic mass is 35.5. The third kappa shape index (κ3) is 2.15. The van der Waals surface area contributed by atoms with Gasteiger partial charge in [-0.25, -0.2) is 0 Å². The number of tetrazole rings is 1. The van der Waals surface area contributed by atoms with E-state index in [4.69, 9.17) is 11.6 Å². The van der Waals surface area contributed by atoms with Gasteiger partial charge in [-0.2, -0.15) is 5.21 Å². The Bertz CT molecular complexity index is 612. The van der Waals surface area contributed by atoms with Crippen LogP contribution in [0.4, 0.5) is 0 Å². The highest BCUT2D eigenvalue weighted by Crippen LogP contribution is 2.49. The minimum absolute atomic E-state index is 0.300. The van der Waals surface area contributed by atoms with E-state index in [1.165, 1.54) is 18.4 Å². The maximum absolute atomic E-state index is 6.03. The van der Waals surface area contributed by atoms with Gasteiger partial charge in [0.05, 0.1) is 0 Å². The lowest BCUT2D eigenvalue weighted by molar-refractivity contribution is 0.133. The molecule has 0 amide bonds. The molecule has 2 aliphatic heterocycles. The first-order chi connectivity index (χ1) is 10.2. The molecular formula is C15H18ClN5. The summed E-state index contributed by atoms with van der Waals surface area (Å²) in [5, 5.41) is 15.7. The van der Waals surface area contributed by atoms with E-state index in [1.54, 1.807) is 0 Å². The third-order valence-corrected chi connectivity index (χ3v) is 5.48. The van der Waals surface area contributed by atoms with Gasteiger partial charge in [-0.15, -0.1) is 10.2 Å². The normalized spacial score (nSPS) is 32.5. The molecule has 2 aliphatic rings. The van der Waals surface area contributed by atoms with Crippen LogP contribution in [-0.2, 0) is 0 Å². The average molecular weight is 304 g/mol. The zero-order valence-electron chi connectivity index (χ0n) is 11.9. The van der Waals surface area contributed by atoms with Crippen molar-refractivity contribution >= 4 is 11.6 Å². The Morgan fingerprint density at radius 1 is 1.24 bits per heavy atom. The Morgan fingerprint density at radius 3 is 2.76 bits per heavy atom. The van der Waals surface area contributed by atoms with Crippen molar-refractivity contribution in [3.63, 3.8) is 0 Å². The van der Waals surface area contributed by atoms with Crippen LogP contribution in [0.2, 0.25) is 5.02 Å². The number of nitrogens with zero attached hydrogens (tertiary/aromatic N) is 4. The first kappa shape index (κ1) is 13.2. The smallest absolute Gasteiger partial charge is 0.179 e. The van der Waals surface area contributed by atoms with E-state index >= 15 is 0 Å². The molecule has 2 aromatic rings. The van der Waals surface area contributed by atoms with E-state index in [2.05, 4.69) is 44.7 Å². The molecule has 1 aromatic carbocycles. The van der Waals surface area contributed by atoms with Gasteiger partial charge in [0.25, 0.3) is 0 Å². The second-order valence-electron chi connectivity index (χ2n) is 6.15. The van der Waals surface area contributed by atoms with E-state index in [0.717, 1.165) is 17.3 Å². The molecule has 0 spiro atoms. The molecule has 3 heterocycles. The topological polar surface area (TPSA) is 57.7 Å². The molecule has 21 heavy (non-hydrogen) atoms. The summed E-state index contributed by atoms with van der Waals surface area (Å²) in [5.74, 6) is 1.58.